The minimum absolute atomic E-state index is 0.0519. The van der Waals surface area contributed by atoms with Crippen molar-refractivity contribution in [3.63, 3.8) is 0 Å². The number of hydrogen-bond donors (Lipinski definition) is 1. The highest BCUT2D eigenvalue weighted by molar-refractivity contribution is 6.01. The summed E-state index contributed by atoms with van der Waals surface area (Å²) in [5.41, 5.74) is 0.906. The molecule has 0 saturated heterocycles. The molecule has 1 aromatic rings. The van der Waals surface area contributed by atoms with Gasteiger partial charge in [0.05, 0.1) is 6.61 Å². The quantitative estimate of drug-likeness (QED) is 0.619. The third-order valence-corrected chi connectivity index (χ3v) is 3.13. The number of hydrogen-bond acceptors (Lipinski definition) is 3. The number of carbonyl (C=O) groups is 1. The zero-order chi connectivity index (χ0) is 16.5. The molecule has 0 bridgehead atoms. The standard InChI is InChI=1S/C18H24N2O2/c1-5-14(4)20-18(21)16(11-19)10-15-6-8-17(9-7-15)22-12-13(2)3/h6-10,13-14H,5,12H2,1-4H3,(H,20,21)/b16-10+/t14-/m0/s1. The molecule has 4 nitrogen and oxygen atoms in total. The van der Waals surface area contributed by atoms with Gasteiger partial charge in [0.15, 0.2) is 0 Å². The van der Waals surface area contributed by atoms with Crippen LogP contribution in [0.3, 0.4) is 0 Å². The van der Waals surface area contributed by atoms with Crippen LogP contribution in [0.25, 0.3) is 6.08 Å². The van der Waals surface area contributed by atoms with E-state index >= 15 is 0 Å². The van der Waals surface area contributed by atoms with Crippen molar-refractivity contribution in [2.75, 3.05) is 6.61 Å². The minimum Gasteiger partial charge on any atom is -0.493 e. The van der Waals surface area contributed by atoms with Gasteiger partial charge >= 0.3 is 0 Å². The van der Waals surface area contributed by atoms with Crippen LogP contribution < -0.4 is 10.1 Å². The van der Waals surface area contributed by atoms with Crippen LogP contribution in [0.1, 0.15) is 39.7 Å². The van der Waals surface area contributed by atoms with Gasteiger partial charge in [-0.2, -0.15) is 5.26 Å². The van der Waals surface area contributed by atoms with Crippen LogP contribution in [0.2, 0.25) is 0 Å². The Hall–Kier alpha value is -2.28. The van der Waals surface area contributed by atoms with E-state index in [-0.39, 0.29) is 17.5 Å². The molecule has 0 aliphatic rings. The molecule has 0 unspecified atom stereocenters. The Morgan fingerprint density at radius 2 is 1.95 bits per heavy atom. The molecule has 4 heteroatoms. The molecule has 118 valence electrons. The van der Waals surface area contributed by atoms with Crippen molar-refractivity contribution < 1.29 is 9.53 Å². The largest absolute Gasteiger partial charge is 0.493 e. The highest BCUT2D eigenvalue weighted by Crippen LogP contribution is 2.15. The summed E-state index contributed by atoms with van der Waals surface area (Å²) in [6.07, 6.45) is 2.41. The third-order valence-electron chi connectivity index (χ3n) is 3.13. The second kappa shape index (κ2) is 8.89. The Labute approximate surface area is 132 Å². The maximum atomic E-state index is 12.0. The normalized spacial score (nSPS) is 12.6. The number of nitrogens with zero attached hydrogens (tertiary/aromatic N) is 1. The van der Waals surface area contributed by atoms with E-state index < -0.39 is 0 Å². The second-order valence-corrected chi connectivity index (χ2v) is 5.73. The summed E-state index contributed by atoms with van der Waals surface area (Å²) < 4.78 is 5.60. The van der Waals surface area contributed by atoms with Gasteiger partial charge in [0.1, 0.15) is 17.4 Å². The minimum atomic E-state index is -0.336. The van der Waals surface area contributed by atoms with E-state index in [4.69, 9.17) is 10.00 Å². The van der Waals surface area contributed by atoms with E-state index in [0.717, 1.165) is 17.7 Å². The number of benzene rings is 1. The molecule has 0 aliphatic heterocycles. The van der Waals surface area contributed by atoms with Crippen LogP contribution in [-0.4, -0.2) is 18.6 Å². The first-order chi connectivity index (χ1) is 10.5. The third kappa shape index (κ3) is 6.01. The van der Waals surface area contributed by atoms with Crippen molar-refractivity contribution in [3.8, 4) is 11.8 Å². The molecule has 0 aliphatic carbocycles. The summed E-state index contributed by atoms with van der Waals surface area (Å²) in [5, 5.41) is 11.9. The maximum absolute atomic E-state index is 12.0. The molecule has 0 saturated carbocycles. The van der Waals surface area contributed by atoms with Gasteiger partial charge in [-0.3, -0.25) is 4.79 Å². The maximum Gasteiger partial charge on any atom is 0.262 e. The summed E-state index contributed by atoms with van der Waals surface area (Å²) in [6, 6.07) is 9.36. The molecule has 1 N–H and O–H groups in total. The Morgan fingerprint density at radius 3 is 2.45 bits per heavy atom. The van der Waals surface area contributed by atoms with E-state index in [9.17, 15) is 4.79 Å². The Balaban J connectivity index is 2.77. The molecule has 0 radical (unpaired) electrons. The van der Waals surface area contributed by atoms with Crippen LogP contribution in [0.15, 0.2) is 29.8 Å². The van der Waals surface area contributed by atoms with E-state index in [0.29, 0.717) is 12.5 Å². The molecule has 1 atom stereocenters. The molecule has 0 fully saturated rings. The second-order valence-electron chi connectivity index (χ2n) is 5.73. The van der Waals surface area contributed by atoms with E-state index in [1.807, 2.05) is 44.2 Å². The van der Waals surface area contributed by atoms with Crippen molar-refractivity contribution in [2.45, 2.75) is 40.2 Å². The molecule has 0 spiro atoms. The fourth-order valence-corrected chi connectivity index (χ4v) is 1.64. The summed E-state index contributed by atoms with van der Waals surface area (Å²) in [4.78, 5) is 12.0. The van der Waals surface area contributed by atoms with Crippen LogP contribution in [0.4, 0.5) is 0 Å². The highest BCUT2D eigenvalue weighted by atomic mass is 16.5. The first-order valence-electron chi connectivity index (χ1n) is 7.61. The van der Waals surface area contributed by atoms with Gasteiger partial charge in [-0.1, -0.05) is 32.9 Å². The fourth-order valence-electron chi connectivity index (χ4n) is 1.64. The van der Waals surface area contributed by atoms with Gasteiger partial charge in [-0.25, -0.2) is 0 Å². The Bertz CT molecular complexity index is 553. The molecule has 0 heterocycles. The van der Waals surface area contributed by atoms with Crippen molar-refractivity contribution >= 4 is 12.0 Å². The number of rotatable bonds is 7. The molecule has 0 aromatic heterocycles. The first kappa shape index (κ1) is 17.8. The average Bonchev–Trinajstić information content (AvgIpc) is 2.51. The van der Waals surface area contributed by atoms with Crippen LogP contribution in [0.5, 0.6) is 5.75 Å². The molecule has 1 aromatic carbocycles. The van der Waals surface area contributed by atoms with Gasteiger partial charge in [0, 0.05) is 6.04 Å². The molecular weight excluding hydrogens is 276 g/mol. The Morgan fingerprint density at radius 1 is 1.32 bits per heavy atom. The van der Waals surface area contributed by atoms with Crippen molar-refractivity contribution in [1.82, 2.24) is 5.32 Å². The summed E-state index contributed by atoms with van der Waals surface area (Å²) in [6.45, 7) is 8.73. The van der Waals surface area contributed by atoms with E-state index in [1.54, 1.807) is 6.08 Å². The van der Waals surface area contributed by atoms with Gasteiger partial charge in [0.25, 0.3) is 5.91 Å². The SMILES string of the molecule is CC[C@H](C)NC(=O)/C(C#N)=C/c1ccc(OCC(C)C)cc1. The monoisotopic (exact) mass is 300 g/mol. The summed E-state index contributed by atoms with van der Waals surface area (Å²) >= 11 is 0. The topological polar surface area (TPSA) is 62.1 Å². The predicted molar refractivity (Wildman–Crippen MR) is 88.3 cm³/mol. The Kier molecular flexibility index (Phi) is 7.18. The zero-order valence-electron chi connectivity index (χ0n) is 13.7. The lowest BCUT2D eigenvalue weighted by molar-refractivity contribution is -0.117. The molecular formula is C18H24N2O2. The number of amides is 1. The van der Waals surface area contributed by atoms with Crippen molar-refractivity contribution in [3.05, 3.63) is 35.4 Å². The first-order valence-corrected chi connectivity index (χ1v) is 7.61. The van der Waals surface area contributed by atoms with Crippen molar-refractivity contribution in [2.24, 2.45) is 5.92 Å². The van der Waals surface area contributed by atoms with Crippen LogP contribution >= 0.6 is 0 Å². The van der Waals surface area contributed by atoms with E-state index in [1.165, 1.54) is 0 Å². The van der Waals surface area contributed by atoms with Gasteiger partial charge < -0.3 is 10.1 Å². The summed E-state index contributed by atoms with van der Waals surface area (Å²) in [7, 11) is 0. The van der Waals surface area contributed by atoms with E-state index in [2.05, 4.69) is 19.2 Å². The number of nitrogens with one attached hydrogen (secondary N) is 1. The average molecular weight is 300 g/mol. The number of carbonyl (C=O) groups excluding carboxylic acids is 1. The van der Waals surface area contributed by atoms with Gasteiger partial charge in [-0.15, -0.1) is 0 Å². The lowest BCUT2D eigenvalue weighted by Gasteiger charge is -2.10. The number of ether oxygens (including phenoxy) is 1. The fraction of sp³-hybridized carbons (Fsp3) is 0.444. The lowest BCUT2D eigenvalue weighted by atomic mass is 10.1. The smallest absolute Gasteiger partial charge is 0.262 e. The lowest BCUT2D eigenvalue weighted by Crippen LogP contribution is -2.32. The predicted octanol–water partition coefficient (Wildman–Crippen LogP) is 3.54. The highest BCUT2D eigenvalue weighted by Gasteiger charge is 2.11. The van der Waals surface area contributed by atoms with Gasteiger partial charge in [-0.05, 0) is 43.0 Å². The molecule has 1 rings (SSSR count). The molecule has 1 amide bonds. The molecule has 22 heavy (non-hydrogen) atoms. The van der Waals surface area contributed by atoms with Crippen LogP contribution in [-0.2, 0) is 4.79 Å². The summed E-state index contributed by atoms with van der Waals surface area (Å²) in [5.74, 6) is 0.916. The van der Waals surface area contributed by atoms with Gasteiger partial charge in [0.2, 0.25) is 0 Å². The number of nitriles is 1. The zero-order valence-corrected chi connectivity index (χ0v) is 13.7. The van der Waals surface area contributed by atoms with Crippen LogP contribution in [0, 0.1) is 17.2 Å². The van der Waals surface area contributed by atoms with Crippen molar-refractivity contribution in [1.29, 1.82) is 5.26 Å².